The molecule has 1 aromatic heterocycles. The number of rotatable bonds is 5. The van der Waals surface area contributed by atoms with E-state index in [4.69, 9.17) is 10.6 Å². The third-order valence-corrected chi connectivity index (χ3v) is 2.42. The number of thioether (sulfide) groups is 1. The maximum atomic E-state index is 11.1. The number of hydrogen-bond acceptors (Lipinski definition) is 6. The van der Waals surface area contributed by atoms with Crippen molar-refractivity contribution in [1.29, 1.82) is 0 Å². The molecule has 0 bridgehead atoms. The van der Waals surface area contributed by atoms with Crippen molar-refractivity contribution in [3.63, 3.8) is 0 Å². The minimum absolute atomic E-state index is 0.240. The van der Waals surface area contributed by atoms with Crippen molar-refractivity contribution < 1.29 is 9.53 Å². The van der Waals surface area contributed by atoms with Gasteiger partial charge in [0.25, 0.3) is 0 Å². The van der Waals surface area contributed by atoms with E-state index >= 15 is 0 Å². The fourth-order valence-corrected chi connectivity index (χ4v) is 1.60. The number of anilines is 1. The van der Waals surface area contributed by atoms with Gasteiger partial charge in [-0.1, -0.05) is 17.8 Å². The van der Waals surface area contributed by atoms with Gasteiger partial charge in [-0.05, 0) is 19.1 Å². The molecule has 0 aliphatic heterocycles. The van der Waals surface area contributed by atoms with Crippen molar-refractivity contribution in [3.8, 4) is 0 Å². The molecule has 1 rings (SSSR count). The van der Waals surface area contributed by atoms with E-state index < -0.39 is 0 Å². The van der Waals surface area contributed by atoms with Gasteiger partial charge >= 0.3 is 5.97 Å². The van der Waals surface area contributed by atoms with Gasteiger partial charge in [0.2, 0.25) is 0 Å². The monoisotopic (exact) mass is 227 g/mol. The molecular weight excluding hydrogens is 214 g/mol. The summed E-state index contributed by atoms with van der Waals surface area (Å²) in [4.78, 5) is 15.2. The van der Waals surface area contributed by atoms with Gasteiger partial charge < -0.3 is 10.2 Å². The number of nitrogens with zero attached hydrogens (tertiary/aromatic N) is 1. The van der Waals surface area contributed by atoms with Gasteiger partial charge in [0.15, 0.2) is 0 Å². The molecule has 0 radical (unpaired) electrons. The molecule has 82 valence electrons. The SMILES string of the molecule is CCOC(=O)CSc1cccc(NN)n1. The zero-order chi connectivity index (χ0) is 11.1. The van der Waals surface area contributed by atoms with Gasteiger partial charge in [-0.25, -0.2) is 10.8 Å². The lowest BCUT2D eigenvalue weighted by Gasteiger charge is -2.03. The summed E-state index contributed by atoms with van der Waals surface area (Å²) in [5.41, 5.74) is 2.44. The lowest BCUT2D eigenvalue weighted by molar-refractivity contribution is -0.139. The maximum absolute atomic E-state index is 11.1. The van der Waals surface area contributed by atoms with Crippen molar-refractivity contribution >= 4 is 23.5 Å². The van der Waals surface area contributed by atoms with E-state index in [0.29, 0.717) is 12.4 Å². The Labute approximate surface area is 92.4 Å². The molecule has 0 atom stereocenters. The normalized spacial score (nSPS) is 9.73. The highest BCUT2D eigenvalue weighted by Crippen LogP contribution is 2.16. The highest BCUT2D eigenvalue weighted by molar-refractivity contribution is 7.99. The number of carbonyl (C=O) groups is 1. The van der Waals surface area contributed by atoms with Crippen molar-refractivity contribution in [2.45, 2.75) is 11.9 Å². The fraction of sp³-hybridized carbons (Fsp3) is 0.333. The van der Waals surface area contributed by atoms with Crippen LogP contribution in [-0.4, -0.2) is 23.3 Å². The van der Waals surface area contributed by atoms with Crippen molar-refractivity contribution in [2.24, 2.45) is 5.84 Å². The van der Waals surface area contributed by atoms with E-state index in [9.17, 15) is 4.79 Å². The molecule has 5 nitrogen and oxygen atoms in total. The lowest BCUT2D eigenvalue weighted by atomic mass is 10.5. The second-order valence-electron chi connectivity index (χ2n) is 2.60. The maximum Gasteiger partial charge on any atom is 0.316 e. The first-order valence-corrected chi connectivity index (χ1v) is 5.47. The van der Waals surface area contributed by atoms with Crippen molar-refractivity contribution in [3.05, 3.63) is 18.2 Å². The largest absolute Gasteiger partial charge is 0.465 e. The predicted molar refractivity (Wildman–Crippen MR) is 59.4 cm³/mol. The zero-order valence-electron chi connectivity index (χ0n) is 8.40. The van der Waals surface area contributed by atoms with Gasteiger partial charge in [0.1, 0.15) is 5.82 Å². The zero-order valence-corrected chi connectivity index (χ0v) is 9.21. The quantitative estimate of drug-likeness (QED) is 0.338. The molecule has 0 amide bonds. The molecule has 0 aromatic carbocycles. The molecule has 3 N–H and O–H groups in total. The number of nitrogens with two attached hydrogens (primary N) is 1. The number of carbonyl (C=O) groups excluding carboxylic acids is 1. The van der Waals surface area contributed by atoms with Crippen LogP contribution >= 0.6 is 11.8 Å². The molecule has 15 heavy (non-hydrogen) atoms. The molecule has 0 fully saturated rings. The summed E-state index contributed by atoms with van der Waals surface area (Å²) in [5, 5.41) is 0.735. The van der Waals surface area contributed by atoms with Crippen LogP contribution in [0.4, 0.5) is 5.82 Å². The molecule has 0 saturated carbocycles. The fourth-order valence-electron chi connectivity index (χ4n) is 0.911. The smallest absolute Gasteiger partial charge is 0.316 e. The molecule has 0 unspecified atom stereocenters. The van der Waals surface area contributed by atoms with Gasteiger partial charge in [-0.2, -0.15) is 0 Å². The molecule has 0 aliphatic rings. The summed E-state index contributed by atoms with van der Waals surface area (Å²) < 4.78 is 4.79. The Hall–Kier alpha value is -1.27. The van der Waals surface area contributed by atoms with Crippen LogP contribution in [0.25, 0.3) is 0 Å². The van der Waals surface area contributed by atoms with E-state index in [0.717, 1.165) is 5.03 Å². The van der Waals surface area contributed by atoms with Crippen LogP contribution in [0.5, 0.6) is 0 Å². The van der Waals surface area contributed by atoms with Gasteiger partial charge in [-0.3, -0.25) is 4.79 Å². The number of nitrogen functional groups attached to an aromatic ring is 1. The van der Waals surface area contributed by atoms with Crippen molar-refractivity contribution in [2.75, 3.05) is 17.8 Å². The third kappa shape index (κ3) is 4.18. The van der Waals surface area contributed by atoms with Crippen LogP contribution in [0.1, 0.15) is 6.92 Å². The minimum Gasteiger partial charge on any atom is -0.465 e. The van der Waals surface area contributed by atoms with E-state index in [-0.39, 0.29) is 11.7 Å². The highest BCUT2D eigenvalue weighted by atomic mass is 32.2. The van der Waals surface area contributed by atoms with E-state index in [1.807, 2.05) is 12.1 Å². The molecule has 1 aromatic rings. The van der Waals surface area contributed by atoms with Crippen LogP contribution in [0.15, 0.2) is 23.2 Å². The summed E-state index contributed by atoms with van der Waals surface area (Å²) in [7, 11) is 0. The number of pyridine rings is 1. The molecule has 6 heteroatoms. The van der Waals surface area contributed by atoms with Gasteiger partial charge in [0.05, 0.1) is 17.4 Å². The Morgan fingerprint density at radius 2 is 2.47 bits per heavy atom. The van der Waals surface area contributed by atoms with Gasteiger partial charge in [0, 0.05) is 0 Å². The Balaban J connectivity index is 2.46. The second-order valence-corrected chi connectivity index (χ2v) is 3.59. The van der Waals surface area contributed by atoms with Crippen LogP contribution in [0, 0.1) is 0 Å². The van der Waals surface area contributed by atoms with Crippen LogP contribution < -0.4 is 11.3 Å². The van der Waals surface area contributed by atoms with Crippen LogP contribution in [-0.2, 0) is 9.53 Å². The van der Waals surface area contributed by atoms with Crippen molar-refractivity contribution in [1.82, 2.24) is 4.98 Å². The Morgan fingerprint density at radius 1 is 1.67 bits per heavy atom. The number of hydrogen-bond donors (Lipinski definition) is 2. The Bertz CT molecular complexity index is 333. The Morgan fingerprint density at radius 3 is 3.13 bits per heavy atom. The number of hydrazine groups is 1. The Kier molecular flexibility index (Phi) is 4.92. The average Bonchev–Trinajstić information content (AvgIpc) is 2.27. The summed E-state index contributed by atoms with van der Waals surface area (Å²) in [5.74, 6) is 5.80. The first kappa shape index (κ1) is 11.8. The summed E-state index contributed by atoms with van der Waals surface area (Å²) in [6.07, 6.45) is 0. The third-order valence-electron chi connectivity index (χ3n) is 1.51. The lowest BCUT2D eigenvalue weighted by Crippen LogP contribution is -2.09. The summed E-state index contributed by atoms with van der Waals surface area (Å²) in [6.45, 7) is 2.18. The van der Waals surface area contributed by atoms with Crippen LogP contribution in [0.3, 0.4) is 0 Å². The summed E-state index contributed by atoms with van der Waals surface area (Å²) >= 11 is 1.32. The minimum atomic E-state index is -0.240. The number of ether oxygens (including phenoxy) is 1. The van der Waals surface area contributed by atoms with Crippen LogP contribution in [0.2, 0.25) is 0 Å². The first-order valence-electron chi connectivity index (χ1n) is 4.48. The highest BCUT2D eigenvalue weighted by Gasteiger charge is 2.04. The number of aromatic nitrogens is 1. The average molecular weight is 227 g/mol. The molecule has 0 spiro atoms. The van der Waals surface area contributed by atoms with E-state index in [1.165, 1.54) is 11.8 Å². The topological polar surface area (TPSA) is 77.2 Å². The number of esters is 1. The molecule has 0 saturated heterocycles. The molecule has 1 heterocycles. The van der Waals surface area contributed by atoms with E-state index in [1.54, 1.807) is 13.0 Å². The predicted octanol–water partition coefficient (Wildman–Crippen LogP) is 1.02. The first-order chi connectivity index (χ1) is 7.26. The molecule has 0 aliphatic carbocycles. The number of nitrogens with one attached hydrogen (secondary N) is 1. The summed E-state index contributed by atoms with van der Waals surface area (Å²) in [6, 6.07) is 5.37. The standard InChI is InChI=1S/C9H13N3O2S/c1-2-14-9(13)6-15-8-5-3-4-7(11-8)12-10/h3-5H,2,6,10H2,1H3,(H,11,12). The van der Waals surface area contributed by atoms with Gasteiger partial charge in [-0.15, -0.1) is 0 Å². The molecular formula is C9H13N3O2S. The second kappa shape index (κ2) is 6.26. The van der Waals surface area contributed by atoms with E-state index in [2.05, 4.69) is 10.4 Å².